The van der Waals surface area contributed by atoms with Crippen LogP contribution in [0.5, 0.6) is 0 Å². The number of nitrogens with zero attached hydrogens (tertiary/aromatic N) is 1. The SMILES string of the molecule is CCCN(CC)S(=O)(=O)c1ccc(B(O)O)cc1. The minimum Gasteiger partial charge on any atom is -0.423 e. The Hall–Kier alpha value is -0.885. The molecule has 0 heterocycles. The van der Waals surface area contributed by atoms with E-state index in [-0.39, 0.29) is 10.4 Å². The Morgan fingerprint density at radius 3 is 2.11 bits per heavy atom. The van der Waals surface area contributed by atoms with E-state index in [0.29, 0.717) is 13.1 Å². The Labute approximate surface area is 108 Å². The lowest BCUT2D eigenvalue weighted by atomic mass is 9.81. The maximum absolute atomic E-state index is 12.2. The van der Waals surface area contributed by atoms with Gasteiger partial charge in [-0.25, -0.2) is 8.42 Å². The van der Waals surface area contributed by atoms with Crippen molar-refractivity contribution in [1.29, 1.82) is 0 Å². The normalized spacial score (nSPS) is 11.8. The average molecular weight is 271 g/mol. The fourth-order valence-electron chi connectivity index (χ4n) is 1.66. The van der Waals surface area contributed by atoms with Crippen LogP contribution in [0, 0.1) is 0 Å². The van der Waals surface area contributed by atoms with E-state index in [1.807, 2.05) is 6.92 Å². The molecule has 1 aromatic carbocycles. The first-order chi connectivity index (χ1) is 8.43. The quantitative estimate of drug-likeness (QED) is 0.702. The van der Waals surface area contributed by atoms with Crippen LogP contribution in [0.4, 0.5) is 0 Å². The van der Waals surface area contributed by atoms with Gasteiger partial charge in [-0.3, -0.25) is 0 Å². The number of rotatable bonds is 6. The summed E-state index contributed by atoms with van der Waals surface area (Å²) in [4.78, 5) is 0.169. The van der Waals surface area contributed by atoms with Crippen molar-refractivity contribution in [2.24, 2.45) is 0 Å². The molecule has 0 unspecified atom stereocenters. The highest BCUT2D eigenvalue weighted by Crippen LogP contribution is 2.14. The van der Waals surface area contributed by atoms with Crippen LogP contribution in [0.15, 0.2) is 29.2 Å². The van der Waals surface area contributed by atoms with Gasteiger partial charge >= 0.3 is 7.12 Å². The lowest BCUT2D eigenvalue weighted by Crippen LogP contribution is -2.33. The summed E-state index contributed by atoms with van der Waals surface area (Å²) in [6, 6.07) is 5.58. The molecule has 0 spiro atoms. The second-order valence-corrected chi connectivity index (χ2v) is 5.88. The van der Waals surface area contributed by atoms with Crippen molar-refractivity contribution in [3.63, 3.8) is 0 Å². The second-order valence-electron chi connectivity index (χ2n) is 3.94. The molecular weight excluding hydrogens is 253 g/mol. The first-order valence-corrected chi connectivity index (χ1v) is 7.33. The zero-order valence-electron chi connectivity index (χ0n) is 10.6. The summed E-state index contributed by atoms with van der Waals surface area (Å²) in [5.41, 5.74) is 0.271. The molecule has 1 rings (SSSR count). The van der Waals surface area contributed by atoms with Crippen LogP contribution >= 0.6 is 0 Å². The van der Waals surface area contributed by atoms with Crippen LogP contribution in [-0.2, 0) is 10.0 Å². The van der Waals surface area contributed by atoms with Gasteiger partial charge in [-0.2, -0.15) is 4.31 Å². The largest absolute Gasteiger partial charge is 0.488 e. The van der Waals surface area contributed by atoms with Crippen molar-refractivity contribution in [3.05, 3.63) is 24.3 Å². The van der Waals surface area contributed by atoms with E-state index in [4.69, 9.17) is 10.0 Å². The second kappa shape index (κ2) is 6.33. The summed E-state index contributed by atoms with van der Waals surface area (Å²) < 4.78 is 25.9. The minimum atomic E-state index is -3.49. The fraction of sp³-hybridized carbons (Fsp3) is 0.455. The molecule has 2 N–H and O–H groups in total. The molecule has 0 aliphatic heterocycles. The number of benzene rings is 1. The van der Waals surface area contributed by atoms with E-state index in [1.54, 1.807) is 6.92 Å². The topological polar surface area (TPSA) is 77.8 Å². The zero-order chi connectivity index (χ0) is 13.8. The highest BCUT2D eigenvalue weighted by molar-refractivity contribution is 7.89. The Balaban J connectivity index is 3.04. The van der Waals surface area contributed by atoms with Gasteiger partial charge < -0.3 is 10.0 Å². The average Bonchev–Trinajstić information content (AvgIpc) is 2.35. The molecule has 5 nitrogen and oxygen atoms in total. The van der Waals surface area contributed by atoms with Crippen molar-refractivity contribution in [3.8, 4) is 0 Å². The van der Waals surface area contributed by atoms with Gasteiger partial charge in [0.05, 0.1) is 4.90 Å². The molecule has 0 fully saturated rings. The molecule has 1 aromatic rings. The van der Waals surface area contributed by atoms with Gasteiger partial charge in [0.25, 0.3) is 0 Å². The first kappa shape index (κ1) is 15.2. The number of sulfonamides is 1. The van der Waals surface area contributed by atoms with Gasteiger partial charge in [0.1, 0.15) is 0 Å². The smallest absolute Gasteiger partial charge is 0.423 e. The van der Waals surface area contributed by atoms with E-state index >= 15 is 0 Å². The molecule has 100 valence electrons. The highest BCUT2D eigenvalue weighted by atomic mass is 32.2. The van der Waals surface area contributed by atoms with Crippen molar-refractivity contribution < 1.29 is 18.5 Å². The first-order valence-electron chi connectivity index (χ1n) is 5.89. The highest BCUT2D eigenvalue weighted by Gasteiger charge is 2.22. The lowest BCUT2D eigenvalue weighted by Gasteiger charge is -2.19. The maximum atomic E-state index is 12.2. The van der Waals surface area contributed by atoms with Gasteiger partial charge in [-0.1, -0.05) is 26.0 Å². The van der Waals surface area contributed by atoms with Crippen molar-refractivity contribution in [2.75, 3.05) is 13.1 Å². The Kier molecular flexibility index (Phi) is 5.34. The third-order valence-corrected chi connectivity index (χ3v) is 4.63. The van der Waals surface area contributed by atoms with Crippen LogP contribution in [0.2, 0.25) is 0 Å². The molecule has 0 aliphatic carbocycles. The molecule has 0 bridgehead atoms. The summed E-state index contributed by atoms with van der Waals surface area (Å²) in [7, 11) is -5.07. The zero-order valence-corrected chi connectivity index (χ0v) is 11.4. The molecule has 0 amide bonds. The molecule has 0 aliphatic rings. The molecular formula is C11H18BNO4S. The Bertz CT molecular complexity index is 472. The summed E-state index contributed by atoms with van der Waals surface area (Å²) in [5.74, 6) is 0. The maximum Gasteiger partial charge on any atom is 0.488 e. The van der Waals surface area contributed by atoms with Crippen LogP contribution < -0.4 is 5.46 Å². The standard InChI is InChI=1S/C11H18BNO4S/c1-3-9-13(4-2)18(16,17)11-7-5-10(6-8-11)12(14)15/h5-8,14-15H,3-4,9H2,1-2H3. The van der Waals surface area contributed by atoms with Gasteiger partial charge in [0, 0.05) is 13.1 Å². The van der Waals surface area contributed by atoms with Crippen molar-refractivity contribution in [1.82, 2.24) is 4.31 Å². The minimum absolute atomic E-state index is 0.169. The van der Waals surface area contributed by atoms with Crippen molar-refractivity contribution >= 4 is 22.6 Å². The van der Waals surface area contributed by atoms with Gasteiger partial charge in [-0.15, -0.1) is 0 Å². The third-order valence-electron chi connectivity index (χ3n) is 2.64. The van der Waals surface area contributed by atoms with Crippen molar-refractivity contribution in [2.45, 2.75) is 25.2 Å². The summed E-state index contributed by atoms with van der Waals surface area (Å²) >= 11 is 0. The summed E-state index contributed by atoms with van der Waals surface area (Å²) in [5, 5.41) is 17.9. The summed E-state index contributed by atoms with van der Waals surface area (Å²) in [6.45, 7) is 4.60. The lowest BCUT2D eigenvalue weighted by molar-refractivity contribution is 0.424. The van der Waals surface area contributed by atoms with Gasteiger partial charge in [0.15, 0.2) is 0 Å². The monoisotopic (exact) mass is 271 g/mol. The predicted octanol–water partition coefficient (Wildman–Crippen LogP) is -0.213. The molecule has 0 aromatic heterocycles. The van der Waals surface area contributed by atoms with E-state index in [1.165, 1.54) is 28.6 Å². The summed E-state index contributed by atoms with van der Waals surface area (Å²) in [6.07, 6.45) is 0.751. The van der Waals surface area contributed by atoms with Crippen LogP contribution in [-0.4, -0.2) is 43.0 Å². The third kappa shape index (κ3) is 3.32. The van der Waals surface area contributed by atoms with E-state index < -0.39 is 17.1 Å². The Morgan fingerprint density at radius 1 is 1.17 bits per heavy atom. The van der Waals surface area contributed by atoms with E-state index in [9.17, 15) is 8.42 Å². The fourth-order valence-corrected chi connectivity index (χ4v) is 3.20. The molecule has 0 saturated carbocycles. The van der Waals surface area contributed by atoms with E-state index in [2.05, 4.69) is 0 Å². The van der Waals surface area contributed by atoms with E-state index in [0.717, 1.165) is 6.42 Å². The molecule has 7 heteroatoms. The van der Waals surface area contributed by atoms with Crippen LogP contribution in [0.25, 0.3) is 0 Å². The molecule has 0 radical (unpaired) electrons. The number of hydrogen-bond donors (Lipinski definition) is 2. The van der Waals surface area contributed by atoms with Gasteiger partial charge in [0.2, 0.25) is 10.0 Å². The van der Waals surface area contributed by atoms with Crippen LogP contribution in [0.3, 0.4) is 0 Å². The Morgan fingerprint density at radius 2 is 1.72 bits per heavy atom. The van der Waals surface area contributed by atoms with Gasteiger partial charge in [-0.05, 0) is 24.0 Å². The van der Waals surface area contributed by atoms with Crippen LogP contribution in [0.1, 0.15) is 20.3 Å². The molecule has 0 atom stereocenters. The number of hydrogen-bond acceptors (Lipinski definition) is 4. The molecule has 18 heavy (non-hydrogen) atoms. The molecule has 0 saturated heterocycles. The predicted molar refractivity (Wildman–Crippen MR) is 71.0 cm³/mol.